The van der Waals surface area contributed by atoms with Crippen LogP contribution in [0.3, 0.4) is 0 Å². The number of aromatic nitrogens is 2. The van der Waals surface area contributed by atoms with Crippen LogP contribution in [-0.4, -0.2) is 72.2 Å². The summed E-state index contributed by atoms with van der Waals surface area (Å²) in [5.74, 6) is 0.222. The van der Waals surface area contributed by atoms with E-state index in [9.17, 15) is 4.79 Å². The van der Waals surface area contributed by atoms with Crippen LogP contribution in [0.5, 0.6) is 5.88 Å². The van der Waals surface area contributed by atoms with Crippen molar-refractivity contribution in [2.75, 3.05) is 49.5 Å². The predicted molar refractivity (Wildman–Crippen MR) is 158 cm³/mol. The van der Waals surface area contributed by atoms with Crippen LogP contribution >= 0.6 is 0 Å². The summed E-state index contributed by atoms with van der Waals surface area (Å²) in [6.07, 6.45) is 8.27. The summed E-state index contributed by atoms with van der Waals surface area (Å²) in [4.78, 5) is 26.7. The molecule has 2 aliphatic heterocycles. The van der Waals surface area contributed by atoms with Crippen molar-refractivity contribution in [1.29, 1.82) is 0 Å². The number of anilines is 3. The fourth-order valence-corrected chi connectivity index (χ4v) is 5.64. The topological polar surface area (TPSA) is 109 Å². The van der Waals surface area contributed by atoms with Crippen LogP contribution < -0.4 is 26.0 Å². The zero-order valence-electron chi connectivity index (χ0n) is 24.0. The molecule has 0 saturated carbocycles. The molecule has 4 N–H and O–H groups in total. The number of hydrogen-bond donors (Lipinski definition) is 3. The molecule has 214 valence electrons. The summed E-state index contributed by atoms with van der Waals surface area (Å²) < 4.78 is 6.36. The Hall–Kier alpha value is -2.91. The molecule has 2 aliphatic rings. The molecule has 3 heterocycles. The van der Waals surface area contributed by atoms with Crippen LogP contribution in [0, 0.1) is 0 Å². The molecule has 0 bridgehead atoms. The number of amides is 1. The number of benzene rings is 1. The minimum Gasteiger partial charge on any atom is -0.473 e. The molecular formula is C30H47N7O2. The molecule has 1 amide bonds. The molecule has 1 aromatic carbocycles. The van der Waals surface area contributed by atoms with E-state index in [4.69, 9.17) is 15.5 Å². The Labute approximate surface area is 233 Å². The SMILES string of the molecule is CCCCC(CCC)Oc1nc(Nc2ccc(N3CCC(N4CCNCC4)CC3)cc2)c(C(N)=O)nc1CC. The molecule has 1 aromatic heterocycles. The quantitative estimate of drug-likeness (QED) is 0.343. The summed E-state index contributed by atoms with van der Waals surface area (Å²) in [5, 5.41) is 6.74. The minimum atomic E-state index is -0.605. The third kappa shape index (κ3) is 7.82. The number of aryl methyl sites for hydroxylation is 1. The Kier molecular flexibility index (Phi) is 10.8. The lowest BCUT2D eigenvalue weighted by atomic mass is 10.0. The second-order valence-electron chi connectivity index (χ2n) is 10.7. The number of piperidine rings is 1. The van der Waals surface area contributed by atoms with Gasteiger partial charge < -0.3 is 26.0 Å². The zero-order chi connectivity index (χ0) is 27.6. The normalized spacial score (nSPS) is 17.7. The van der Waals surface area contributed by atoms with E-state index in [-0.39, 0.29) is 11.8 Å². The molecular weight excluding hydrogens is 490 g/mol. The maximum absolute atomic E-state index is 12.3. The van der Waals surface area contributed by atoms with Gasteiger partial charge in [-0.3, -0.25) is 9.69 Å². The van der Waals surface area contributed by atoms with Crippen molar-refractivity contribution < 1.29 is 9.53 Å². The van der Waals surface area contributed by atoms with Crippen LogP contribution in [0.2, 0.25) is 0 Å². The van der Waals surface area contributed by atoms with Crippen molar-refractivity contribution in [3.63, 3.8) is 0 Å². The van der Waals surface area contributed by atoms with Gasteiger partial charge in [0.1, 0.15) is 11.8 Å². The number of primary amides is 1. The lowest BCUT2D eigenvalue weighted by molar-refractivity contribution is 0.0995. The minimum absolute atomic E-state index is 0.0804. The van der Waals surface area contributed by atoms with Gasteiger partial charge in [-0.15, -0.1) is 0 Å². The average molecular weight is 538 g/mol. The predicted octanol–water partition coefficient (Wildman–Crippen LogP) is 4.49. The average Bonchev–Trinajstić information content (AvgIpc) is 2.97. The monoisotopic (exact) mass is 537 g/mol. The molecule has 2 saturated heterocycles. The second-order valence-corrected chi connectivity index (χ2v) is 10.7. The summed E-state index contributed by atoms with van der Waals surface area (Å²) in [7, 11) is 0. The Morgan fingerprint density at radius 1 is 1.05 bits per heavy atom. The van der Waals surface area contributed by atoms with Gasteiger partial charge in [0.2, 0.25) is 5.88 Å². The first-order valence-electron chi connectivity index (χ1n) is 15.0. The van der Waals surface area contributed by atoms with Crippen molar-refractivity contribution in [2.45, 2.75) is 84.3 Å². The van der Waals surface area contributed by atoms with Crippen LogP contribution in [0.1, 0.15) is 81.9 Å². The van der Waals surface area contributed by atoms with Gasteiger partial charge in [0, 0.05) is 56.7 Å². The third-order valence-corrected chi connectivity index (χ3v) is 7.90. The highest BCUT2D eigenvalue weighted by atomic mass is 16.5. The maximum Gasteiger partial charge on any atom is 0.271 e. The molecule has 39 heavy (non-hydrogen) atoms. The van der Waals surface area contributed by atoms with Crippen LogP contribution in [0.4, 0.5) is 17.2 Å². The molecule has 1 atom stereocenters. The van der Waals surface area contributed by atoms with Crippen molar-refractivity contribution in [2.24, 2.45) is 5.73 Å². The van der Waals surface area contributed by atoms with E-state index in [1.807, 2.05) is 19.1 Å². The van der Waals surface area contributed by atoms with Gasteiger partial charge in [-0.2, -0.15) is 4.98 Å². The first-order chi connectivity index (χ1) is 19.0. The molecule has 9 heteroatoms. The van der Waals surface area contributed by atoms with Crippen LogP contribution in [0.15, 0.2) is 24.3 Å². The number of piperazine rings is 1. The second kappa shape index (κ2) is 14.5. The van der Waals surface area contributed by atoms with Gasteiger partial charge in [-0.1, -0.05) is 40.0 Å². The van der Waals surface area contributed by atoms with E-state index in [0.717, 1.165) is 77.1 Å². The number of nitrogens with two attached hydrogens (primary N) is 1. The Morgan fingerprint density at radius 3 is 2.38 bits per heavy atom. The molecule has 1 unspecified atom stereocenters. The fraction of sp³-hybridized carbons (Fsp3) is 0.633. The molecule has 0 spiro atoms. The van der Waals surface area contributed by atoms with E-state index >= 15 is 0 Å². The van der Waals surface area contributed by atoms with Gasteiger partial charge in [-0.05, 0) is 56.4 Å². The number of nitrogens with zero attached hydrogens (tertiary/aromatic N) is 4. The first kappa shape index (κ1) is 29.1. The van der Waals surface area contributed by atoms with Gasteiger partial charge >= 0.3 is 0 Å². The lowest BCUT2D eigenvalue weighted by Crippen LogP contribution is -2.52. The highest BCUT2D eigenvalue weighted by Crippen LogP contribution is 2.28. The highest BCUT2D eigenvalue weighted by Gasteiger charge is 2.26. The van der Waals surface area contributed by atoms with E-state index in [0.29, 0.717) is 29.9 Å². The fourth-order valence-electron chi connectivity index (χ4n) is 5.64. The molecule has 4 rings (SSSR count). The van der Waals surface area contributed by atoms with Crippen LogP contribution in [0.25, 0.3) is 0 Å². The van der Waals surface area contributed by atoms with E-state index in [1.54, 1.807) is 0 Å². The summed E-state index contributed by atoms with van der Waals surface area (Å²) in [5.41, 5.74) is 8.55. The van der Waals surface area contributed by atoms with E-state index in [1.165, 1.54) is 18.5 Å². The van der Waals surface area contributed by atoms with Crippen molar-refractivity contribution in [3.8, 4) is 5.88 Å². The van der Waals surface area contributed by atoms with Crippen molar-refractivity contribution in [1.82, 2.24) is 20.2 Å². The summed E-state index contributed by atoms with van der Waals surface area (Å²) >= 11 is 0. The number of nitrogens with one attached hydrogen (secondary N) is 2. The Morgan fingerprint density at radius 2 is 1.77 bits per heavy atom. The van der Waals surface area contributed by atoms with Gasteiger partial charge in [0.25, 0.3) is 5.91 Å². The number of unbranched alkanes of at least 4 members (excludes halogenated alkanes) is 1. The third-order valence-electron chi connectivity index (χ3n) is 7.90. The van der Waals surface area contributed by atoms with Gasteiger partial charge in [-0.25, -0.2) is 4.98 Å². The number of ether oxygens (including phenoxy) is 1. The molecule has 0 aliphatic carbocycles. The highest BCUT2D eigenvalue weighted by molar-refractivity contribution is 5.96. The Bertz CT molecular complexity index is 1050. The largest absolute Gasteiger partial charge is 0.473 e. The Balaban J connectivity index is 1.45. The molecule has 0 radical (unpaired) electrons. The van der Waals surface area contributed by atoms with E-state index in [2.05, 4.69) is 51.4 Å². The maximum atomic E-state index is 12.3. The summed E-state index contributed by atoms with van der Waals surface area (Å²) in [6, 6.07) is 9.01. The van der Waals surface area contributed by atoms with Crippen molar-refractivity contribution in [3.05, 3.63) is 35.7 Å². The molecule has 2 fully saturated rings. The molecule has 9 nitrogen and oxygen atoms in total. The number of carbonyl (C=O) groups is 1. The van der Waals surface area contributed by atoms with Crippen LogP contribution in [-0.2, 0) is 6.42 Å². The van der Waals surface area contributed by atoms with Gasteiger partial charge in [0.15, 0.2) is 11.5 Å². The number of hydrogen-bond acceptors (Lipinski definition) is 8. The molecule has 2 aromatic rings. The summed E-state index contributed by atoms with van der Waals surface area (Å²) in [6.45, 7) is 13.0. The lowest BCUT2D eigenvalue weighted by Gasteiger charge is -2.41. The number of rotatable bonds is 13. The van der Waals surface area contributed by atoms with E-state index < -0.39 is 5.91 Å². The van der Waals surface area contributed by atoms with Gasteiger partial charge in [0.05, 0.1) is 0 Å². The zero-order valence-corrected chi connectivity index (χ0v) is 24.0. The first-order valence-corrected chi connectivity index (χ1v) is 15.0. The smallest absolute Gasteiger partial charge is 0.271 e. The standard InChI is InChI=1S/C30H47N7O2/c1-4-7-9-25(8-5-2)39-30-26(6-3)34-27(28(31)38)29(35-30)33-22-10-12-23(13-11-22)36-18-14-24(15-19-36)37-20-16-32-17-21-37/h10-13,24-25,32H,4-9,14-21H2,1-3H3,(H2,31,38)(H,33,35). The van der Waals surface area contributed by atoms with Crippen molar-refractivity contribution >= 4 is 23.1 Å². The number of carbonyl (C=O) groups excluding carboxylic acids is 1.